The molecule has 102 valence electrons. The molecule has 1 atom stereocenters. The van der Waals surface area contributed by atoms with Gasteiger partial charge in [0, 0.05) is 12.3 Å². The average molecular weight is 306 g/mol. The van der Waals surface area contributed by atoms with E-state index in [4.69, 9.17) is 21.0 Å². The highest BCUT2D eigenvalue weighted by Gasteiger charge is 2.26. The van der Waals surface area contributed by atoms with Crippen LogP contribution in [-0.4, -0.2) is 20.3 Å². The summed E-state index contributed by atoms with van der Waals surface area (Å²) in [4.78, 5) is 9.20. The van der Waals surface area contributed by atoms with Gasteiger partial charge in [0.1, 0.15) is 11.3 Å². The topological polar surface area (TPSA) is 43.9 Å². The molecule has 3 aromatic rings. The van der Waals surface area contributed by atoms with Crippen molar-refractivity contribution in [2.24, 2.45) is 0 Å². The first-order valence-corrected chi connectivity index (χ1v) is 7.96. The fraction of sp³-hybridized carbons (Fsp3) is 0.286. The van der Waals surface area contributed by atoms with E-state index < -0.39 is 0 Å². The largest absolute Gasteiger partial charge is 0.428 e. The van der Waals surface area contributed by atoms with Crippen molar-refractivity contribution in [2.75, 3.05) is 5.75 Å². The lowest BCUT2D eigenvalue weighted by atomic mass is 10.2. The molecule has 4 nitrogen and oxygen atoms in total. The first kappa shape index (κ1) is 12.3. The minimum atomic E-state index is 0.378. The highest BCUT2D eigenvalue weighted by atomic mass is 35.5. The number of thioether (sulfide) groups is 1. The smallest absolute Gasteiger partial charge is 0.208 e. The van der Waals surface area contributed by atoms with Gasteiger partial charge in [-0.05, 0) is 48.4 Å². The van der Waals surface area contributed by atoms with Crippen molar-refractivity contribution in [1.29, 1.82) is 0 Å². The van der Waals surface area contributed by atoms with E-state index in [0.29, 0.717) is 16.4 Å². The van der Waals surface area contributed by atoms with Crippen molar-refractivity contribution in [3.05, 3.63) is 41.5 Å². The van der Waals surface area contributed by atoms with E-state index in [9.17, 15) is 0 Å². The number of imidazole rings is 1. The minimum absolute atomic E-state index is 0.378. The number of rotatable bonds is 2. The van der Waals surface area contributed by atoms with Gasteiger partial charge in [-0.25, -0.2) is 14.5 Å². The zero-order valence-electron chi connectivity index (χ0n) is 10.6. The molecular formula is C14H12ClN3OS. The van der Waals surface area contributed by atoms with Crippen molar-refractivity contribution in [3.8, 4) is 5.88 Å². The van der Waals surface area contributed by atoms with Gasteiger partial charge in [0.2, 0.25) is 5.88 Å². The summed E-state index contributed by atoms with van der Waals surface area (Å²) in [6, 6.07) is 7.49. The predicted octanol–water partition coefficient (Wildman–Crippen LogP) is 4.24. The molecule has 0 spiro atoms. The number of hydrogen-bond acceptors (Lipinski definition) is 4. The van der Waals surface area contributed by atoms with Crippen LogP contribution in [0.25, 0.3) is 17.0 Å². The van der Waals surface area contributed by atoms with Gasteiger partial charge in [0.15, 0.2) is 10.9 Å². The van der Waals surface area contributed by atoms with Crippen LogP contribution < -0.4 is 0 Å². The molecule has 0 amide bonds. The third-order valence-electron chi connectivity index (χ3n) is 3.44. The van der Waals surface area contributed by atoms with Crippen LogP contribution in [0.4, 0.5) is 0 Å². The van der Waals surface area contributed by atoms with Crippen LogP contribution >= 0.6 is 23.4 Å². The summed E-state index contributed by atoms with van der Waals surface area (Å²) >= 11 is 7.86. The Bertz CT molecular complexity index is 761. The summed E-state index contributed by atoms with van der Waals surface area (Å²) in [5, 5.41) is 0.774. The Balaban J connectivity index is 1.97. The van der Waals surface area contributed by atoms with E-state index in [-0.39, 0.29) is 0 Å². The normalized spacial score (nSPS) is 18.9. The Kier molecular flexibility index (Phi) is 2.97. The van der Waals surface area contributed by atoms with Crippen molar-refractivity contribution < 1.29 is 4.42 Å². The van der Waals surface area contributed by atoms with Crippen molar-refractivity contribution >= 4 is 34.5 Å². The lowest BCUT2D eigenvalue weighted by Crippen LogP contribution is -2.03. The lowest BCUT2D eigenvalue weighted by Gasteiger charge is -2.10. The average Bonchev–Trinajstić information content (AvgIpc) is 3.16. The van der Waals surface area contributed by atoms with E-state index in [2.05, 4.69) is 4.98 Å². The molecule has 1 aliphatic rings. The third-order valence-corrected chi connectivity index (χ3v) is 5.02. The zero-order valence-corrected chi connectivity index (χ0v) is 12.2. The predicted molar refractivity (Wildman–Crippen MR) is 80.6 cm³/mol. The van der Waals surface area contributed by atoms with Crippen molar-refractivity contribution in [1.82, 2.24) is 14.5 Å². The van der Waals surface area contributed by atoms with Crippen LogP contribution in [0.5, 0.6) is 0 Å². The maximum atomic E-state index is 5.91. The maximum Gasteiger partial charge on any atom is 0.208 e. The second-order valence-electron chi connectivity index (χ2n) is 4.73. The number of pyridine rings is 1. The monoisotopic (exact) mass is 305 g/mol. The fourth-order valence-electron chi connectivity index (χ4n) is 2.57. The summed E-state index contributed by atoms with van der Waals surface area (Å²) in [6.45, 7) is 0. The second-order valence-corrected chi connectivity index (χ2v) is 6.41. The number of nitrogens with zero attached hydrogens (tertiary/aromatic N) is 3. The number of aromatic nitrogens is 3. The lowest BCUT2D eigenvalue weighted by molar-refractivity contribution is 0.535. The van der Waals surface area contributed by atoms with E-state index in [1.165, 1.54) is 12.2 Å². The number of furan rings is 1. The van der Waals surface area contributed by atoms with Gasteiger partial charge in [-0.1, -0.05) is 0 Å². The molecule has 4 rings (SSSR count). The number of fused-ring (bicyclic) bond motifs is 1. The van der Waals surface area contributed by atoms with Crippen molar-refractivity contribution in [2.45, 2.75) is 18.1 Å². The molecule has 20 heavy (non-hydrogen) atoms. The molecule has 4 heterocycles. The molecule has 0 aliphatic carbocycles. The van der Waals surface area contributed by atoms with E-state index in [0.717, 1.165) is 23.4 Å². The molecule has 1 aliphatic heterocycles. The first-order chi connectivity index (χ1) is 9.83. The number of halogens is 1. The van der Waals surface area contributed by atoms with Gasteiger partial charge < -0.3 is 4.42 Å². The van der Waals surface area contributed by atoms with Gasteiger partial charge in [-0.2, -0.15) is 11.8 Å². The van der Waals surface area contributed by atoms with E-state index in [1.807, 2.05) is 34.5 Å². The van der Waals surface area contributed by atoms with Gasteiger partial charge in [-0.15, -0.1) is 0 Å². The Morgan fingerprint density at radius 3 is 3.05 bits per heavy atom. The molecular weight excluding hydrogens is 294 g/mol. The molecule has 0 aromatic carbocycles. The quantitative estimate of drug-likeness (QED) is 0.710. The van der Waals surface area contributed by atoms with Gasteiger partial charge in [-0.3, -0.25) is 0 Å². The summed E-state index contributed by atoms with van der Waals surface area (Å²) < 4.78 is 7.57. The van der Waals surface area contributed by atoms with Crippen LogP contribution in [0, 0.1) is 0 Å². The molecule has 0 saturated carbocycles. The molecule has 3 aromatic heterocycles. The molecule has 1 unspecified atom stereocenters. The Hall–Kier alpha value is -1.46. The summed E-state index contributed by atoms with van der Waals surface area (Å²) in [7, 11) is 0. The Morgan fingerprint density at radius 1 is 1.35 bits per heavy atom. The summed E-state index contributed by atoms with van der Waals surface area (Å²) in [6.07, 6.45) is 4.14. The highest BCUT2D eigenvalue weighted by molar-refractivity contribution is 7.99. The van der Waals surface area contributed by atoms with Crippen molar-refractivity contribution in [3.63, 3.8) is 0 Å². The SMILES string of the molecule is Clc1ccc(-n2c(C3CCCS3)nc3cccnc32)o1. The zero-order chi connectivity index (χ0) is 13.5. The maximum absolute atomic E-state index is 5.91. The third kappa shape index (κ3) is 1.93. The van der Waals surface area contributed by atoms with E-state index in [1.54, 1.807) is 12.3 Å². The van der Waals surface area contributed by atoms with Crippen LogP contribution in [0.15, 0.2) is 34.9 Å². The molecule has 1 fully saturated rings. The van der Waals surface area contributed by atoms with Gasteiger partial charge in [0.05, 0.1) is 5.25 Å². The van der Waals surface area contributed by atoms with Gasteiger partial charge in [0.25, 0.3) is 0 Å². The molecule has 0 bridgehead atoms. The van der Waals surface area contributed by atoms with Crippen LogP contribution in [-0.2, 0) is 0 Å². The summed E-state index contributed by atoms with van der Waals surface area (Å²) in [5.41, 5.74) is 1.71. The van der Waals surface area contributed by atoms with E-state index >= 15 is 0 Å². The Labute approximate surface area is 125 Å². The molecule has 0 radical (unpaired) electrons. The van der Waals surface area contributed by atoms with Gasteiger partial charge >= 0.3 is 0 Å². The highest BCUT2D eigenvalue weighted by Crippen LogP contribution is 2.41. The first-order valence-electron chi connectivity index (χ1n) is 6.53. The molecule has 6 heteroatoms. The van der Waals surface area contributed by atoms with Crippen LogP contribution in [0.2, 0.25) is 5.22 Å². The minimum Gasteiger partial charge on any atom is -0.428 e. The molecule has 1 saturated heterocycles. The summed E-state index contributed by atoms with van der Waals surface area (Å²) in [5.74, 6) is 2.87. The molecule has 0 N–H and O–H groups in total. The number of hydrogen-bond donors (Lipinski definition) is 0. The standard InChI is InChI=1S/C14H12ClN3OS/c15-11-5-6-12(19-11)18-13-9(3-1-7-16-13)17-14(18)10-4-2-8-20-10/h1,3,5-7,10H,2,4,8H2. The van der Waals surface area contributed by atoms with Crippen LogP contribution in [0.3, 0.4) is 0 Å². The fourth-order valence-corrected chi connectivity index (χ4v) is 3.97. The second kappa shape index (κ2) is 4.82. The Morgan fingerprint density at radius 2 is 2.30 bits per heavy atom. The van der Waals surface area contributed by atoms with Crippen LogP contribution in [0.1, 0.15) is 23.9 Å².